The van der Waals surface area contributed by atoms with Gasteiger partial charge in [0.15, 0.2) is 0 Å². The fourth-order valence-corrected chi connectivity index (χ4v) is 2.07. The number of imidazole rings is 1. The number of benzene rings is 1. The molecule has 0 saturated heterocycles. The summed E-state index contributed by atoms with van der Waals surface area (Å²) in [5, 5.41) is 18.3. The average molecular weight is 248 g/mol. The fraction of sp³-hybridized carbons (Fsp3) is 0.385. The van der Waals surface area contributed by atoms with Crippen molar-refractivity contribution in [3.05, 3.63) is 29.6 Å². The van der Waals surface area contributed by atoms with Gasteiger partial charge in [-0.15, -0.1) is 0 Å². The molecule has 0 aliphatic heterocycles. The minimum absolute atomic E-state index is 0.0583. The Bertz CT molecular complexity index is 589. The molecule has 5 heteroatoms. The van der Waals surface area contributed by atoms with E-state index in [0.29, 0.717) is 17.6 Å². The maximum Gasteiger partial charge on any atom is 0.337 e. The van der Waals surface area contributed by atoms with Gasteiger partial charge in [0, 0.05) is 13.2 Å². The highest BCUT2D eigenvalue weighted by Gasteiger charge is 2.16. The van der Waals surface area contributed by atoms with E-state index in [0.717, 1.165) is 5.82 Å². The van der Waals surface area contributed by atoms with Crippen LogP contribution in [0, 0.1) is 12.8 Å². The van der Waals surface area contributed by atoms with Gasteiger partial charge in [-0.05, 0) is 25.0 Å². The molecule has 5 nitrogen and oxygen atoms in total. The third kappa shape index (κ3) is 2.09. The Labute approximate surface area is 105 Å². The van der Waals surface area contributed by atoms with Crippen molar-refractivity contribution in [2.75, 3.05) is 6.61 Å². The van der Waals surface area contributed by atoms with Gasteiger partial charge in [-0.2, -0.15) is 0 Å². The van der Waals surface area contributed by atoms with E-state index < -0.39 is 5.97 Å². The first-order valence-electron chi connectivity index (χ1n) is 5.84. The summed E-state index contributed by atoms with van der Waals surface area (Å²) in [6, 6.07) is 5.07. The lowest BCUT2D eigenvalue weighted by molar-refractivity contribution is 0.0698. The second-order valence-corrected chi connectivity index (χ2v) is 4.54. The molecule has 2 N–H and O–H groups in total. The first-order chi connectivity index (χ1) is 8.54. The van der Waals surface area contributed by atoms with Crippen LogP contribution in [0.25, 0.3) is 11.0 Å². The Morgan fingerprint density at radius 1 is 1.50 bits per heavy atom. The molecule has 0 radical (unpaired) electrons. The molecule has 0 amide bonds. The van der Waals surface area contributed by atoms with Crippen LogP contribution in [0.15, 0.2) is 18.2 Å². The minimum atomic E-state index is -0.960. The normalized spacial score (nSPS) is 12.8. The third-order valence-corrected chi connectivity index (χ3v) is 2.99. The standard InChI is InChI=1S/C13H16N2O3/c1-8(7-16)6-15-9(2)14-11-5-3-4-10(12(11)15)13(17)18/h3-5,8,16H,6-7H2,1-2H3,(H,17,18). The largest absolute Gasteiger partial charge is 0.478 e. The van der Waals surface area contributed by atoms with E-state index in [1.807, 2.05) is 18.4 Å². The maximum atomic E-state index is 11.2. The Hall–Kier alpha value is -1.88. The molecule has 2 rings (SSSR count). The number of aromatic nitrogens is 2. The minimum Gasteiger partial charge on any atom is -0.478 e. The molecule has 96 valence electrons. The van der Waals surface area contributed by atoms with Gasteiger partial charge in [0.2, 0.25) is 0 Å². The van der Waals surface area contributed by atoms with Crippen molar-refractivity contribution in [1.82, 2.24) is 9.55 Å². The van der Waals surface area contributed by atoms with E-state index in [2.05, 4.69) is 4.98 Å². The van der Waals surface area contributed by atoms with Gasteiger partial charge in [-0.3, -0.25) is 0 Å². The Kier molecular flexibility index (Phi) is 3.34. The quantitative estimate of drug-likeness (QED) is 0.863. The lowest BCUT2D eigenvalue weighted by atomic mass is 10.1. The second-order valence-electron chi connectivity index (χ2n) is 4.54. The predicted octanol–water partition coefficient (Wildman–Crippen LogP) is 1.67. The number of para-hydroxylation sites is 1. The number of aromatic carboxylic acids is 1. The number of carbonyl (C=O) groups is 1. The number of carboxylic acid groups (broad SMARTS) is 1. The zero-order valence-corrected chi connectivity index (χ0v) is 10.4. The van der Waals surface area contributed by atoms with Crippen LogP contribution in [-0.2, 0) is 6.54 Å². The molecule has 0 saturated carbocycles. The molecule has 0 spiro atoms. The monoisotopic (exact) mass is 248 g/mol. The molecule has 0 bridgehead atoms. The molecule has 1 aromatic heterocycles. The van der Waals surface area contributed by atoms with Crippen LogP contribution in [0.5, 0.6) is 0 Å². The molecule has 1 unspecified atom stereocenters. The first-order valence-corrected chi connectivity index (χ1v) is 5.84. The summed E-state index contributed by atoms with van der Waals surface area (Å²) in [5.74, 6) is -0.139. The topological polar surface area (TPSA) is 75.3 Å². The molecule has 1 aromatic carbocycles. The first kappa shape index (κ1) is 12.6. The lowest BCUT2D eigenvalue weighted by Crippen LogP contribution is -2.13. The fourth-order valence-electron chi connectivity index (χ4n) is 2.07. The molecule has 0 aliphatic rings. The molecule has 0 aliphatic carbocycles. The molecule has 1 atom stereocenters. The average Bonchev–Trinajstić information content (AvgIpc) is 2.65. The van der Waals surface area contributed by atoms with Crippen LogP contribution in [0.4, 0.5) is 0 Å². The van der Waals surface area contributed by atoms with E-state index in [1.54, 1.807) is 18.2 Å². The molecule has 0 fully saturated rings. The predicted molar refractivity (Wildman–Crippen MR) is 67.7 cm³/mol. The van der Waals surface area contributed by atoms with Crippen LogP contribution < -0.4 is 0 Å². The van der Waals surface area contributed by atoms with Crippen LogP contribution in [-0.4, -0.2) is 32.3 Å². The van der Waals surface area contributed by atoms with E-state index in [4.69, 9.17) is 5.11 Å². The van der Waals surface area contributed by atoms with Gasteiger partial charge in [-0.25, -0.2) is 9.78 Å². The summed E-state index contributed by atoms with van der Waals surface area (Å²) in [6.07, 6.45) is 0. The summed E-state index contributed by atoms with van der Waals surface area (Å²) in [4.78, 5) is 15.6. The highest BCUT2D eigenvalue weighted by molar-refractivity contribution is 6.01. The molecular formula is C13H16N2O3. The molecule has 18 heavy (non-hydrogen) atoms. The van der Waals surface area contributed by atoms with Crippen LogP contribution in [0.1, 0.15) is 23.1 Å². The van der Waals surface area contributed by atoms with E-state index in [1.165, 1.54) is 0 Å². The van der Waals surface area contributed by atoms with Crippen LogP contribution >= 0.6 is 0 Å². The smallest absolute Gasteiger partial charge is 0.337 e. The van der Waals surface area contributed by atoms with E-state index in [-0.39, 0.29) is 18.1 Å². The van der Waals surface area contributed by atoms with Gasteiger partial charge in [0.25, 0.3) is 0 Å². The zero-order chi connectivity index (χ0) is 13.3. The molecule has 1 heterocycles. The van der Waals surface area contributed by atoms with Crippen molar-refractivity contribution in [3.63, 3.8) is 0 Å². The number of aliphatic hydroxyl groups is 1. The lowest BCUT2D eigenvalue weighted by Gasteiger charge is -2.12. The number of aryl methyl sites for hydroxylation is 1. The number of hydrogen-bond donors (Lipinski definition) is 2. The Morgan fingerprint density at radius 2 is 2.22 bits per heavy atom. The zero-order valence-electron chi connectivity index (χ0n) is 10.4. The Morgan fingerprint density at radius 3 is 2.83 bits per heavy atom. The van der Waals surface area contributed by atoms with Gasteiger partial charge in [0.1, 0.15) is 5.82 Å². The summed E-state index contributed by atoms with van der Waals surface area (Å²) in [5.41, 5.74) is 1.55. The summed E-state index contributed by atoms with van der Waals surface area (Å²) in [6.45, 7) is 4.38. The summed E-state index contributed by atoms with van der Waals surface area (Å²) < 4.78 is 1.86. The maximum absolute atomic E-state index is 11.2. The summed E-state index contributed by atoms with van der Waals surface area (Å²) >= 11 is 0. The van der Waals surface area contributed by atoms with Crippen LogP contribution in [0.3, 0.4) is 0 Å². The number of rotatable bonds is 4. The van der Waals surface area contributed by atoms with Crippen molar-refractivity contribution < 1.29 is 15.0 Å². The van der Waals surface area contributed by atoms with Crippen LogP contribution in [0.2, 0.25) is 0 Å². The highest BCUT2D eigenvalue weighted by Crippen LogP contribution is 2.21. The van der Waals surface area contributed by atoms with Gasteiger partial charge < -0.3 is 14.8 Å². The van der Waals surface area contributed by atoms with Gasteiger partial charge in [-0.1, -0.05) is 13.0 Å². The summed E-state index contributed by atoms with van der Waals surface area (Å²) in [7, 11) is 0. The van der Waals surface area contributed by atoms with E-state index in [9.17, 15) is 9.90 Å². The van der Waals surface area contributed by atoms with E-state index >= 15 is 0 Å². The van der Waals surface area contributed by atoms with Crippen molar-refractivity contribution in [1.29, 1.82) is 0 Å². The molecular weight excluding hydrogens is 232 g/mol. The number of fused-ring (bicyclic) bond motifs is 1. The highest BCUT2D eigenvalue weighted by atomic mass is 16.4. The number of nitrogens with zero attached hydrogens (tertiary/aromatic N) is 2. The van der Waals surface area contributed by atoms with Crippen molar-refractivity contribution in [2.45, 2.75) is 20.4 Å². The van der Waals surface area contributed by atoms with Gasteiger partial charge >= 0.3 is 5.97 Å². The Balaban J connectivity index is 2.63. The third-order valence-electron chi connectivity index (χ3n) is 2.99. The SMILES string of the molecule is Cc1nc2cccc(C(=O)O)c2n1CC(C)CO. The molecule has 2 aromatic rings. The van der Waals surface area contributed by atoms with Crippen molar-refractivity contribution in [2.24, 2.45) is 5.92 Å². The van der Waals surface area contributed by atoms with Gasteiger partial charge in [0.05, 0.1) is 16.6 Å². The number of aliphatic hydroxyl groups excluding tert-OH is 1. The second kappa shape index (κ2) is 4.78. The van der Waals surface area contributed by atoms with Crippen molar-refractivity contribution in [3.8, 4) is 0 Å². The number of carboxylic acids is 1. The van der Waals surface area contributed by atoms with Crippen molar-refractivity contribution >= 4 is 17.0 Å². The number of hydrogen-bond acceptors (Lipinski definition) is 3.